The van der Waals surface area contributed by atoms with Crippen LogP contribution in [0, 0.1) is 0 Å². The van der Waals surface area contributed by atoms with Gasteiger partial charge in [0.25, 0.3) is 0 Å². The lowest BCUT2D eigenvalue weighted by atomic mass is 10.3. The lowest BCUT2D eigenvalue weighted by Gasteiger charge is -2.22. The first kappa shape index (κ1) is 19.3. The third kappa shape index (κ3) is 4.05. The van der Waals surface area contributed by atoms with Gasteiger partial charge in [0.2, 0.25) is 15.9 Å². The van der Waals surface area contributed by atoms with Crippen LogP contribution in [0.15, 0.2) is 64.2 Å². The van der Waals surface area contributed by atoms with E-state index in [0.717, 1.165) is 21.9 Å². The van der Waals surface area contributed by atoms with Crippen LogP contribution in [0.25, 0.3) is 0 Å². The van der Waals surface area contributed by atoms with Crippen LogP contribution in [-0.2, 0) is 27.9 Å². The van der Waals surface area contributed by atoms with E-state index in [2.05, 4.69) is 0 Å². The fourth-order valence-electron chi connectivity index (χ4n) is 3.25. The molecule has 8 heteroatoms. The molecule has 1 amide bonds. The molecule has 0 saturated carbocycles. The van der Waals surface area contributed by atoms with Gasteiger partial charge < -0.3 is 4.90 Å². The van der Waals surface area contributed by atoms with Crippen molar-refractivity contribution in [2.24, 2.45) is 0 Å². The number of sulfonamides is 1. The number of hydrogen-bond donors (Lipinski definition) is 0. The van der Waals surface area contributed by atoms with Crippen molar-refractivity contribution in [3.8, 4) is 0 Å². The second kappa shape index (κ2) is 8.16. The standard InChI is InChI=1S/C20H20N2O3S3/c23-20-6-1-11-22(20)16-7-9-19(10-8-16)28(24,25)21(14-17-4-2-12-26-17)15-18-5-3-13-27-18/h2-5,7-10,12-13H,1,6,11,14-15H2. The molecule has 0 aliphatic carbocycles. The van der Waals surface area contributed by atoms with Crippen LogP contribution >= 0.6 is 22.7 Å². The Balaban J connectivity index is 1.61. The number of carbonyl (C=O) groups excluding carboxylic acids is 1. The third-order valence-electron chi connectivity index (χ3n) is 4.68. The van der Waals surface area contributed by atoms with Gasteiger partial charge in [-0.05, 0) is 53.6 Å². The van der Waals surface area contributed by atoms with E-state index in [-0.39, 0.29) is 10.8 Å². The van der Waals surface area contributed by atoms with Crippen molar-refractivity contribution < 1.29 is 13.2 Å². The molecular weight excluding hydrogens is 412 g/mol. The topological polar surface area (TPSA) is 57.7 Å². The predicted octanol–water partition coefficient (Wildman–Crippen LogP) is 4.33. The van der Waals surface area contributed by atoms with E-state index < -0.39 is 10.0 Å². The average Bonchev–Trinajstić information content (AvgIpc) is 3.44. The Kier molecular flexibility index (Phi) is 5.63. The zero-order valence-corrected chi connectivity index (χ0v) is 17.6. The molecule has 0 unspecified atom stereocenters. The maximum atomic E-state index is 13.3. The fourth-order valence-corrected chi connectivity index (χ4v) is 6.25. The Hall–Kier alpha value is -2.00. The van der Waals surface area contributed by atoms with Crippen LogP contribution in [0.3, 0.4) is 0 Å². The normalized spacial score (nSPS) is 14.9. The van der Waals surface area contributed by atoms with Crippen molar-refractivity contribution in [2.75, 3.05) is 11.4 Å². The molecule has 0 atom stereocenters. The number of rotatable bonds is 7. The van der Waals surface area contributed by atoms with Crippen molar-refractivity contribution in [3.63, 3.8) is 0 Å². The molecule has 0 radical (unpaired) electrons. The van der Waals surface area contributed by atoms with E-state index in [4.69, 9.17) is 0 Å². The number of carbonyl (C=O) groups is 1. The second-order valence-electron chi connectivity index (χ2n) is 6.57. The summed E-state index contributed by atoms with van der Waals surface area (Å²) in [6, 6.07) is 14.4. The summed E-state index contributed by atoms with van der Waals surface area (Å²) in [4.78, 5) is 15.9. The van der Waals surface area contributed by atoms with Gasteiger partial charge in [-0.2, -0.15) is 4.31 Å². The summed E-state index contributed by atoms with van der Waals surface area (Å²) in [5.41, 5.74) is 0.754. The molecule has 1 saturated heterocycles. The highest BCUT2D eigenvalue weighted by molar-refractivity contribution is 7.89. The lowest BCUT2D eigenvalue weighted by Crippen LogP contribution is -2.30. The SMILES string of the molecule is O=C1CCCN1c1ccc(S(=O)(=O)N(Cc2cccs2)Cc2cccs2)cc1. The van der Waals surface area contributed by atoms with Crippen LogP contribution in [0.1, 0.15) is 22.6 Å². The molecule has 146 valence electrons. The predicted molar refractivity (Wildman–Crippen MR) is 113 cm³/mol. The monoisotopic (exact) mass is 432 g/mol. The van der Waals surface area contributed by atoms with E-state index in [9.17, 15) is 13.2 Å². The Morgan fingerprint density at radius 3 is 2.00 bits per heavy atom. The summed E-state index contributed by atoms with van der Waals surface area (Å²) in [6.07, 6.45) is 1.39. The van der Waals surface area contributed by atoms with Crippen molar-refractivity contribution in [1.29, 1.82) is 0 Å². The van der Waals surface area contributed by atoms with Crippen LogP contribution in [0.4, 0.5) is 5.69 Å². The van der Waals surface area contributed by atoms with E-state index in [1.807, 2.05) is 35.0 Å². The summed E-state index contributed by atoms with van der Waals surface area (Å²) in [7, 11) is -3.66. The largest absolute Gasteiger partial charge is 0.312 e. The second-order valence-corrected chi connectivity index (χ2v) is 10.6. The van der Waals surface area contributed by atoms with Gasteiger partial charge in [0.1, 0.15) is 0 Å². The molecule has 1 fully saturated rings. The van der Waals surface area contributed by atoms with E-state index >= 15 is 0 Å². The first-order valence-electron chi connectivity index (χ1n) is 8.99. The van der Waals surface area contributed by atoms with Crippen LogP contribution in [-0.4, -0.2) is 25.2 Å². The molecule has 0 spiro atoms. The maximum Gasteiger partial charge on any atom is 0.243 e. The minimum absolute atomic E-state index is 0.0904. The van der Waals surface area contributed by atoms with Crippen LogP contribution in [0.5, 0.6) is 0 Å². The highest BCUT2D eigenvalue weighted by atomic mass is 32.2. The van der Waals surface area contributed by atoms with Crippen LogP contribution < -0.4 is 4.90 Å². The molecular formula is C20H20N2O3S3. The van der Waals surface area contributed by atoms with Crippen molar-refractivity contribution in [1.82, 2.24) is 4.31 Å². The van der Waals surface area contributed by atoms with E-state index in [1.54, 1.807) is 51.8 Å². The molecule has 0 N–H and O–H groups in total. The zero-order chi connectivity index (χ0) is 19.6. The average molecular weight is 433 g/mol. The summed E-state index contributed by atoms with van der Waals surface area (Å²) in [6.45, 7) is 1.36. The van der Waals surface area contributed by atoms with Gasteiger partial charge in [0.15, 0.2) is 0 Å². The van der Waals surface area contributed by atoms with Gasteiger partial charge in [-0.25, -0.2) is 8.42 Å². The van der Waals surface area contributed by atoms with Gasteiger partial charge in [0, 0.05) is 41.5 Å². The molecule has 5 nitrogen and oxygen atoms in total. The molecule has 0 bridgehead atoms. The number of hydrogen-bond acceptors (Lipinski definition) is 5. The molecule has 28 heavy (non-hydrogen) atoms. The highest BCUT2D eigenvalue weighted by Gasteiger charge is 2.27. The third-order valence-corrected chi connectivity index (χ3v) is 8.21. The summed E-state index contributed by atoms with van der Waals surface area (Å²) in [5.74, 6) is 0.0904. The number of thiophene rings is 2. The number of nitrogens with zero attached hydrogens (tertiary/aromatic N) is 2. The van der Waals surface area contributed by atoms with Crippen molar-refractivity contribution in [3.05, 3.63) is 69.0 Å². The number of anilines is 1. The summed E-state index contributed by atoms with van der Waals surface area (Å²) < 4.78 is 28.2. The molecule has 1 aromatic carbocycles. The fraction of sp³-hybridized carbons (Fsp3) is 0.250. The molecule has 2 aromatic heterocycles. The highest BCUT2D eigenvalue weighted by Crippen LogP contribution is 2.27. The van der Waals surface area contributed by atoms with Crippen molar-refractivity contribution >= 4 is 44.3 Å². The first-order chi connectivity index (χ1) is 13.5. The summed E-state index contributed by atoms with van der Waals surface area (Å²) in [5, 5.41) is 3.90. The van der Waals surface area contributed by atoms with Gasteiger partial charge in [-0.15, -0.1) is 22.7 Å². The van der Waals surface area contributed by atoms with Gasteiger partial charge in [0.05, 0.1) is 4.90 Å². The molecule has 3 aromatic rings. The number of benzene rings is 1. The van der Waals surface area contributed by atoms with Crippen molar-refractivity contribution in [2.45, 2.75) is 30.8 Å². The molecule has 1 aliphatic rings. The van der Waals surface area contributed by atoms with Gasteiger partial charge in [-0.1, -0.05) is 12.1 Å². The Bertz CT molecular complexity index is 991. The molecule has 3 heterocycles. The first-order valence-corrected chi connectivity index (χ1v) is 12.2. The van der Waals surface area contributed by atoms with Gasteiger partial charge in [-0.3, -0.25) is 4.79 Å². The minimum Gasteiger partial charge on any atom is -0.312 e. The Morgan fingerprint density at radius 2 is 1.54 bits per heavy atom. The molecule has 1 aliphatic heterocycles. The lowest BCUT2D eigenvalue weighted by molar-refractivity contribution is -0.117. The molecule has 4 rings (SSSR count). The van der Waals surface area contributed by atoms with Gasteiger partial charge >= 0.3 is 0 Å². The Morgan fingerprint density at radius 1 is 0.929 bits per heavy atom. The maximum absolute atomic E-state index is 13.3. The summed E-state index contributed by atoms with van der Waals surface area (Å²) >= 11 is 3.10. The quantitative estimate of drug-likeness (QED) is 0.558. The smallest absolute Gasteiger partial charge is 0.243 e. The zero-order valence-electron chi connectivity index (χ0n) is 15.2. The van der Waals surface area contributed by atoms with Crippen LogP contribution in [0.2, 0.25) is 0 Å². The number of amides is 1. The Labute approximate surface area is 172 Å². The minimum atomic E-state index is -3.66. The van der Waals surface area contributed by atoms with E-state index in [0.29, 0.717) is 26.1 Å². The van der Waals surface area contributed by atoms with E-state index in [1.165, 1.54) is 4.31 Å².